The Kier molecular flexibility index (Phi) is 3.98. The predicted molar refractivity (Wildman–Crippen MR) is 72.4 cm³/mol. The van der Waals surface area contributed by atoms with Crippen LogP contribution < -0.4 is 4.74 Å². The molecule has 0 heterocycles. The van der Waals surface area contributed by atoms with E-state index in [1.807, 2.05) is 18.2 Å². The topological polar surface area (TPSA) is 9.23 Å². The van der Waals surface area contributed by atoms with Gasteiger partial charge in [0.25, 0.3) is 0 Å². The van der Waals surface area contributed by atoms with Crippen LogP contribution in [0, 0.1) is 5.82 Å². The summed E-state index contributed by atoms with van der Waals surface area (Å²) in [5, 5.41) is 0. The van der Waals surface area contributed by atoms with Crippen LogP contribution in [0.4, 0.5) is 4.39 Å². The number of methoxy groups -OCH3 is 1. The lowest BCUT2D eigenvalue weighted by molar-refractivity contribution is 0.386. The first-order chi connectivity index (χ1) is 8.74. The average molecular weight is 244 g/mol. The van der Waals surface area contributed by atoms with Gasteiger partial charge in [-0.25, -0.2) is 4.39 Å². The van der Waals surface area contributed by atoms with Gasteiger partial charge in [0.15, 0.2) is 11.6 Å². The van der Waals surface area contributed by atoms with Crippen molar-refractivity contribution in [1.29, 1.82) is 0 Å². The van der Waals surface area contributed by atoms with Crippen LogP contribution in [-0.2, 0) is 6.42 Å². The zero-order chi connectivity index (χ0) is 13.0. The van der Waals surface area contributed by atoms with Crippen molar-refractivity contribution in [3.63, 3.8) is 0 Å². The van der Waals surface area contributed by atoms with E-state index in [1.165, 1.54) is 18.7 Å². The maximum Gasteiger partial charge on any atom is 0.165 e. The van der Waals surface area contributed by atoms with Gasteiger partial charge in [0.1, 0.15) is 0 Å². The molecule has 0 aliphatic rings. The first-order valence-corrected chi connectivity index (χ1v) is 6.17. The molecule has 94 valence electrons. The third kappa shape index (κ3) is 2.70. The zero-order valence-corrected chi connectivity index (χ0v) is 10.7. The Hall–Kier alpha value is -1.83. The van der Waals surface area contributed by atoms with Gasteiger partial charge in [0, 0.05) is 0 Å². The summed E-state index contributed by atoms with van der Waals surface area (Å²) in [6.07, 6.45) is 2.22. The van der Waals surface area contributed by atoms with Crippen molar-refractivity contribution in [3.8, 4) is 16.9 Å². The molecule has 0 aliphatic carbocycles. The monoisotopic (exact) mass is 244 g/mol. The number of ether oxygens (including phenoxy) is 1. The summed E-state index contributed by atoms with van der Waals surface area (Å²) in [6.45, 7) is 2.16. The summed E-state index contributed by atoms with van der Waals surface area (Å²) in [5.74, 6) is -0.0472. The highest BCUT2D eigenvalue weighted by Gasteiger charge is 2.05. The number of rotatable bonds is 4. The highest BCUT2D eigenvalue weighted by Crippen LogP contribution is 2.25. The first-order valence-electron chi connectivity index (χ1n) is 6.17. The number of halogens is 1. The number of hydrogen-bond donors (Lipinski definition) is 0. The normalized spacial score (nSPS) is 10.4. The molecule has 0 bridgehead atoms. The smallest absolute Gasteiger partial charge is 0.165 e. The van der Waals surface area contributed by atoms with Gasteiger partial charge < -0.3 is 4.74 Å². The SMILES string of the molecule is CCCc1ccc(-c2ccc(OC)c(F)c2)cc1. The standard InChI is InChI=1S/C16H17FO/c1-3-4-12-5-7-13(8-6-12)14-9-10-16(18-2)15(17)11-14/h5-11H,3-4H2,1-2H3. The van der Waals surface area contributed by atoms with Crippen molar-refractivity contribution in [2.24, 2.45) is 0 Å². The predicted octanol–water partition coefficient (Wildman–Crippen LogP) is 4.45. The van der Waals surface area contributed by atoms with E-state index in [1.54, 1.807) is 6.07 Å². The molecular formula is C16H17FO. The van der Waals surface area contributed by atoms with Crippen LogP contribution in [0.1, 0.15) is 18.9 Å². The van der Waals surface area contributed by atoms with Crippen molar-refractivity contribution in [3.05, 3.63) is 53.8 Å². The molecule has 0 radical (unpaired) electrons. The van der Waals surface area contributed by atoms with E-state index in [-0.39, 0.29) is 11.6 Å². The maximum absolute atomic E-state index is 13.6. The third-order valence-electron chi connectivity index (χ3n) is 2.98. The van der Waals surface area contributed by atoms with E-state index in [2.05, 4.69) is 19.1 Å². The molecule has 0 saturated carbocycles. The quantitative estimate of drug-likeness (QED) is 0.771. The highest BCUT2D eigenvalue weighted by atomic mass is 19.1. The van der Waals surface area contributed by atoms with Gasteiger partial charge in [-0.15, -0.1) is 0 Å². The Bertz CT molecular complexity index is 517. The summed E-state index contributed by atoms with van der Waals surface area (Å²) in [6, 6.07) is 13.3. The Morgan fingerprint density at radius 3 is 2.22 bits per heavy atom. The van der Waals surface area contributed by atoms with E-state index >= 15 is 0 Å². The lowest BCUT2D eigenvalue weighted by Gasteiger charge is -2.06. The summed E-state index contributed by atoms with van der Waals surface area (Å²) >= 11 is 0. The van der Waals surface area contributed by atoms with Crippen LogP contribution in [0.25, 0.3) is 11.1 Å². The molecule has 2 heteroatoms. The fraction of sp³-hybridized carbons (Fsp3) is 0.250. The van der Waals surface area contributed by atoms with Crippen molar-refractivity contribution in [2.75, 3.05) is 7.11 Å². The van der Waals surface area contributed by atoms with Gasteiger partial charge >= 0.3 is 0 Å². The fourth-order valence-electron chi connectivity index (χ4n) is 2.00. The molecule has 18 heavy (non-hydrogen) atoms. The van der Waals surface area contributed by atoms with E-state index in [0.717, 1.165) is 24.0 Å². The van der Waals surface area contributed by atoms with E-state index < -0.39 is 0 Å². The summed E-state index contributed by atoms with van der Waals surface area (Å²) in [5.41, 5.74) is 3.21. The second-order valence-corrected chi connectivity index (χ2v) is 4.30. The van der Waals surface area contributed by atoms with Gasteiger partial charge in [0.05, 0.1) is 7.11 Å². The van der Waals surface area contributed by atoms with Crippen molar-refractivity contribution >= 4 is 0 Å². The summed E-state index contributed by atoms with van der Waals surface area (Å²) in [4.78, 5) is 0. The Morgan fingerprint density at radius 2 is 1.67 bits per heavy atom. The number of benzene rings is 2. The molecule has 0 unspecified atom stereocenters. The van der Waals surface area contributed by atoms with Crippen LogP contribution in [0.3, 0.4) is 0 Å². The van der Waals surface area contributed by atoms with Gasteiger partial charge in [-0.3, -0.25) is 0 Å². The number of aryl methyl sites for hydroxylation is 1. The van der Waals surface area contributed by atoms with Crippen LogP contribution in [-0.4, -0.2) is 7.11 Å². The van der Waals surface area contributed by atoms with E-state index in [4.69, 9.17) is 4.74 Å². The zero-order valence-electron chi connectivity index (χ0n) is 10.7. The molecule has 0 saturated heterocycles. The van der Waals surface area contributed by atoms with Crippen LogP contribution in [0.5, 0.6) is 5.75 Å². The largest absolute Gasteiger partial charge is 0.494 e. The second kappa shape index (κ2) is 5.67. The van der Waals surface area contributed by atoms with E-state index in [0.29, 0.717) is 0 Å². The highest BCUT2D eigenvalue weighted by molar-refractivity contribution is 5.64. The maximum atomic E-state index is 13.6. The lowest BCUT2D eigenvalue weighted by Crippen LogP contribution is -1.89. The number of hydrogen-bond acceptors (Lipinski definition) is 1. The molecule has 1 nitrogen and oxygen atoms in total. The lowest BCUT2D eigenvalue weighted by atomic mass is 10.0. The first kappa shape index (κ1) is 12.6. The van der Waals surface area contributed by atoms with Crippen molar-refractivity contribution < 1.29 is 9.13 Å². The molecule has 2 rings (SSSR count). The van der Waals surface area contributed by atoms with Gasteiger partial charge in [-0.1, -0.05) is 43.7 Å². The van der Waals surface area contributed by atoms with Crippen LogP contribution in [0.2, 0.25) is 0 Å². The molecule has 2 aromatic rings. The minimum atomic E-state index is -0.326. The molecule has 2 aromatic carbocycles. The molecule has 0 atom stereocenters. The van der Waals surface area contributed by atoms with Gasteiger partial charge in [-0.05, 0) is 35.2 Å². The minimum absolute atomic E-state index is 0.279. The molecule has 0 amide bonds. The summed E-state index contributed by atoms with van der Waals surface area (Å²) < 4.78 is 18.5. The van der Waals surface area contributed by atoms with Crippen LogP contribution >= 0.6 is 0 Å². The molecule has 0 N–H and O–H groups in total. The molecular weight excluding hydrogens is 227 g/mol. The third-order valence-corrected chi connectivity index (χ3v) is 2.98. The Morgan fingerprint density at radius 1 is 1.00 bits per heavy atom. The average Bonchev–Trinajstić information content (AvgIpc) is 2.40. The van der Waals surface area contributed by atoms with Gasteiger partial charge in [-0.2, -0.15) is 0 Å². The molecule has 0 spiro atoms. The fourth-order valence-corrected chi connectivity index (χ4v) is 2.00. The molecule has 0 aromatic heterocycles. The van der Waals surface area contributed by atoms with Crippen molar-refractivity contribution in [1.82, 2.24) is 0 Å². The Balaban J connectivity index is 2.28. The summed E-state index contributed by atoms with van der Waals surface area (Å²) in [7, 11) is 1.47. The van der Waals surface area contributed by atoms with Gasteiger partial charge in [0.2, 0.25) is 0 Å². The second-order valence-electron chi connectivity index (χ2n) is 4.30. The van der Waals surface area contributed by atoms with Crippen molar-refractivity contribution in [2.45, 2.75) is 19.8 Å². The minimum Gasteiger partial charge on any atom is -0.494 e. The Labute approximate surface area is 107 Å². The van der Waals surface area contributed by atoms with Crippen LogP contribution in [0.15, 0.2) is 42.5 Å². The van der Waals surface area contributed by atoms with E-state index in [9.17, 15) is 4.39 Å². The molecule has 0 aliphatic heterocycles. The molecule has 0 fully saturated rings.